The smallest absolute Gasteiger partial charge is 0.161 e. The van der Waals surface area contributed by atoms with Crippen molar-refractivity contribution in [2.45, 2.75) is 24.7 Å². The summed E-state index contributed by atoms with van der Waals surface area (Å²) in [6, 6.07) is 5.90. The maximum Gasteiger partial charge on any atom is 0.161 e. The Morgan fingerprint density at radius 1 is 1.35 bits per heavy atom. The molecule has 0 spiro atoms. The van der Waals surface area contributed by atoms with Gasteiger partial charge in [0, 0.05) is 12.2 Å². The van der Waals surface area contributed by atoms with Crippen LogP contribution in [0.5, 0.6) is 11.5 Å². The molecular formula is C14H18ClNO3S. The number of alkyl halides is 1. The van der Waals surface area contributed by atoms with Crippen LogP contribution in [-0.2, 0) is 10.6 Å². The van der Waals surface area contributed by atoms with Gasteiger partial charge >= 0.3 is 0 Å². The fourth-order valence-electron chi connectivity index (χ4n) is 1.83. The number of methoxy groups -OCH3 is 2. The lowest BCUT2D eigenvalue weighted by Gasteiger charge is -2.16. The summed E-state index contributed by atoms with van der Waals surface area (Å²) in [6.07, 6.45) is 0.758. The quantitative estimate of drug-likeness (QED) is 0.777. The van der Waals surface area contributed by atoms with Crippen molar-refractivity contribution in [1.82, 2.24) is 0 Å². The average Bonchev–Trinajstić information content (AvgIpc) is 2.87. The van der Waals surface area contributed by atoms with Crippen molar-refractivity contribution in [2.24, 2.45) is 5.16 Å². The Balaban J connectivity index is 1.95. The lowest BCUT2D eigenvalue weighted by Crippen LogP contribution is -2.26. The normalized spacial score (nSPS) is 21.3. The Labute approximate surface area is 128 Å². The molecule has 0 fully saturated rings. The fourth-order valence-corrected chi connectivity index (χ4v) is 2.99. The number of hydrogen-bond acceptors (Lipinski definition) is 5. The van der Waals surface area contributed by atoms with Crippen LogP contribution in [-0.4, -0.2) is 30.7 Å². The topological polar surface area (TPSA) is 40.0 Å². The molecule has 0 saturated heterocycles. The molecule has 0 aromatic heterocycles. The van der Waals surface area contributed by atoms with Crippen LogP contribution >= 0.6 is 23.4 Å². The van der Waals surface area contributed by atoms with Crippen LogP contribution in [0.4, 0.5) is 0 Å². The van der Waals surface area contributed by atoms with Crippen LogP contribution in [0.1, 0.15) is 18.9 Å². The van der Waals surface area contributed by atoms with Gasteiger partial charge in [-0.3, -0.25) is 0 Å². The number of oxime groups is 1. The first kappa shape index (κ1) is 15.3. The molecule has 1 aromatic rings. The third-order valence-electron chi connectivity index (χ3n) is 3.03. The van der Waals surface area contributed by atoms with E-state index in [0.29, 0.717) is 5.88 Å². The molecule has 0 radical (unpaired) electrons. The molecule has 1 aliphatic heterocycles. The number of hydrogen-bond donors (Lipinski definition) is 0. The van der Waals surface area contributed by atoms with Gasteiger partial charge in [0.05, 0.1) is 20.1 Å². The third kappa shape index (κ3) is 3.52. The molecule has 20 heavy (non-hydrogen) atoms. The van der Waals surface area contributed by atoms with Crippen molar-refractivity contribution in [2.75, 3.05) is 20.1 Å². The largest absolute Gasteiger partial charge is 0.493 e. The van der Waals surface area contributed by atoms with E-state index in [0.717, 1.165) is 34.3 Å². The van der Waals surface area contributed by atoms with E-state index in [1.807, 2.05) is 25.1 Å². The predicted molar refractivity (Wildman–Crippen MR) is 83.1 cm³/mol. The van der Waals surface area contributed by atoms with Crippen molar-refractivity contribution in [1.29, 1.82) is 0 Å². The summed E-state index contributed by atoms with van der Waals surface area (Å²) in [4.78, 5) is 5.36. The van der Waals surface area contributed by atoms with Crippen LogP contribution in [0, 0.1) is 0 Å². The molecule has 0 amide bonds. The van der Waals surface area contributed by atoms with Gasteiger partial charge in [-0.1, -0.05) is 11.2 Å². The highest BCUT2D eigenvalue weighted by molar-refractivity contribution is 8.13. The molecule has 110 valence electrons. The van der Waals surface area contributed by atoms with Crippen LogP contribution in [0.25, 0.3) is 0 Å². The number of rotatable bonds is 5. The molecule has 6 heteroatoms. The maximum atomic E-state index is 5.87. The molecule has 1 atom stereocenters. The van der Waals surface area contributed by atoms with Crippen molar-refractivity contribution in [3.63, 3.8) is 0 Å². The Kier molecular flexibility index (Phi) is 5.05. The number of halogens is 1. The minimum absolute atomic E-state index is 0.360. The molecular weight excluding hydrogens is 298 g/mol. The van der Waals surface area contributed by atoms with Gasteiger partial charge in [0.25, 0.3) is 0 Å². The molecule has 0 N–H and O–H groups in total. The number of thioether (sulfide) groups is 1. The summed E-state index contributed by atoms with van der Waals surface area (Å²) in [5.41, 5.74) is 0.788. The highest BCUT2D eigenvalue weighted by Gasteiger charge is 2.33. The highest BCUT2D eigenvalue weighted by atomic mass is 35.5. The zero-order chi connectivity index (χ0) is 14.6. The second-order valence-corrected chi connectivity index (χ2v) is 6.13. The van der Waals surface area contributed by atoms with E-state index < -0.39 is 0 Å². The monoisotopic (exact) mass is 315 g/mol. The van der Waals surface area contributed by atoms with Gasteiger partial charge in [-0.05, 0) is 24.6 Å². The van der Waals surface area contributed by atoms with Crippen LogP contribution in [0.15, 0.2) is 23.4 Å². The van der Waals surface area contributed by atoms with Gasteiger partial charge in [0.1, 0.15) is 5.04 Å². The number of ether oxygens (including phenoxy) is 2. The van der Waals surface area contributed by atoms with E-state index in [2.05, 4.69) is 5.16 Å². The summed E-state index contributed by atoms with van der Waals surface area (Å²) >= 11 is 7.52. The van der Waals surface area contributed by atoms with E-state index in [9.17, 15) is 0 Å². The van der Waals surface area contributed by atoms with Crippen molar-refractivity contribution in [3.05, 3.63) is 23.8 Å². The number of benzene rings is 1. The van der Waals surface area contributed by atoms with E-state index in [4.69, 9.17) is 25.9 Å². The summed E-state index contributed by atoms with van der Waals surface area (Å²) in [5.74, 6) is 2.72. The first-order valence-corrected chi connectivity index (χ1v) is 7.77. The summed E-state index contributed by atoms with van der Waals surface area (Å²) in [5, 5.41) is 5.07. The zero-order valence-corrected chi connectivity index (χ0v) is 13.4. The van der Waals surface area contributed by atoms with Gasteiger partial charge < -0.3 is 14.3 Å². The van der Waals surface area contributed by atoms with E-state index >= 15 is 0 Å². The van der Waals surface area contributed by atoms with Crippen molar-refractivity contribution >= 4 is 28.4 Å². The predicted octanol–water partition coefficient (Wildman–Crippen LogP) is 3.67. The Morgan fingerprint density at radius 2 is 2.10 bits per heavy atom. The lowest BCUT2D eigenvalue weighted by molar-refractivity contribution is 0.0152. The Bertz CT molecular complexity index is 509. The summed E-state index contributed by atoms with van der Waals surface area (Å²) < 4.78 is 10.5. The molecule has 1 unspecified atom stereocenters. The molecule has 1 aliphatic rings. The lowest BCUT2D eigenvalue weighted by atomic mass is 10.1. The molecule has 1 heterocycles. The van der Waals surface area contributed by atoms with E-state index in [-0.39, 0.29) is 5.60 Å². The van der Waals surface area contributed by atoms with E-state index in [1.165, 1.54) is 0 Å². The molecule has 0 aliphatic carbocycles. The van der Waals surface area contributed by atoms with Crippen LogP contribution in [0.3, 0.4) is 0 Å². The zero-order valence-electron chi connectivity index (χ0n) is 11.8. The molecule has 0 bridgehead atoms. The SMILES string of the molecule is COc1ccc(CSC2=NOC(C)(CCl)C2)cc1OC. The average molecular weight is 316 g/mol. The first-order chi connectivity index (χ1) is 9.60. The minimum atomic E-state index is -0.360. The van der Waals surface area contributed by atoms with Crippen molar-refractivity contribution < 1.29 is 14.3 Å². The first-order valence-electron chi connectivity index (χ1n) is 6.25. The van der Waals surface area contributed by atoms with Gasteiger partial charge in [-0.2, -0.15) is 0 Å². The standard InChI is InChI=1S/C14H18ClNO3S/c1-14(9-15)7-13(16-19-14)20-8-10-4-5-11(17-2)12(6-10)18-3/h4-6H,7-9H2,1-3H3. The fraction of sp³-hybridized carbons (Fsp3) is 0.500. The summed E-state index contributed by atoms with van der Waals surface area (Å²) in [6.45, 7) is 1.97. The van der Waals surface area contributed by atoms with E-state index in [1.54, 1.807) is 26.0 Å². The molecule has 2 rings (SSSR count). The van der Waals surface area contributed by atoms with Crippen LogP contribution in [0.2, 0.25) is 0 Å². The van der Waals surface area contributed by atoms with Gasteiger partial charge in [0.2, 0.25) is 0 Å². The van der Waals surface area contributed by atoms with Gasteiger partial charge in [0.15, 0.2) is 17.1 Å². The Hall–Kier alpha value is -1.07. The Morgan fingerprint density at radius 3 is 2.70 bits per heavy atom. The van der Waals surface area contributed by atoms with Crippen molar-refractivity contribution in [3.8, 4) is 11.5 Å². The summed E-state index contributed by atoms with van der Waals surface area (Å²) in [7, 11) is 3.26. The second-order valence-electron chi connectivity index (χ2n) is 4.81. The van der Waals surface area contributed by atoms with Gasteiger partial charge in [-0.15, -0.1) is 23.4 Å². The third-order valence-corrected chi connectivity index (χ3v) is 4.62. The van der Waals surface area contributed by atoms with Crippen LogP contribution < -0.4 is 9.47 Å². The minimum Gasteiger partial charge on any atom is -0.493 e. The van der Waals surface area contributed by atoms with Gasteiger partial charge in [-0.25, -0.2) is 0 Å². The number of nitrogens with zero attached hydrogens (tertiary/aromatic N) is 1. The molecule has 0 saturated carbocycles. The molecule has 4 nitrogen and oxygen atoms in total. The molecule has 1 aromatic carbocycles. The highest BCUT2D eigenvalue weighted by Crippen LogP contribution is 2.33. The maximum absolute atomic E-state index is 5.87. The second kappa shape index (κ2) is 6.59.